The molecule has 0 spiro atoms. The van der Waals surface area contributed by atoms with Gasteiger partial charge in [0.2, 0.25) is 0 Å². The van der Waals surface area contributed by atoms with Gasteiger partial charge in [0.1, 0.15) is 11.3 Å². The van der Waals surface area contributed by atoms with Gasteiger partial charge in [-0.25, -0.2) is 0 Å². The van der Waals surface area contributed by atoms with Gasteiger partial charge in [-0.15, -0.1) is 0 Å². The molecular weight excluding hydrogens is 328 g/mol. The lowest BCUT2D eigenvalue weighted by Gasteiger charge is -2.06. The Morgan fingerprint density at radius 2 is 1.95 bits per heavy atom. The molecule has 0 aliphatic rings. The summed E-state index contributed by atoms with van der Waals surface area (Å²) in [6.45, 7) is 3.95. The van der Waals surface area contributed by atoms with Crippen molar-refractivity contribution in [2.45, 2.75) is 20.3 Å². The van der Waals surface area contributed by atoms with E-state index in [2.05, 4.69) is 15.9 Å². The lowest BCUT2D eigenvalue weighted by Crippen LogP contribution is -2.05. The molecule has 0 aliphatic carbocycles. The molecule has 3 rings (SSSR count). The van der Waals surface area contributed by atoms with Crippen LogP contribution in [0.2, 0.25) is 0 Å². The van der Waals surface area contributed by atoms with Crippen molar-refractivity contribution in [3.8, 4) is 0 Å². The van der Waals surface area contributed by atoms with E-state index in [0.29, 0.717) is 12.0 Å². The molecule has 106 valence electrons. The summed E-state index contributed by atoms with van der Waals surface area (Å²) in [6.07, 6.45) is 0.700. The smallest absolute Gasteiger partial charge is 0.197 e. The van der Waals surface area contributed by atoms with Gasteiger partial charge in [-0.3, -0.25) is 4.79 Å². The number of fused-ring (bicyclic) bond motifs is 1. The number of aryl methyl sites for hydroxylation is 2. The van der Waals surface area contributed by atoms with Gasteiger partial charge in [0.15, 0.2) is 5.78 Å². The fourth-order valence-electron chi connectivity index (χ4n) is 2.61. The summed E-state index contributed by atoms with van der Waals surface area (Å²) in [6, 6.07) is 13.4. The summed E-state index contributed by atoms with van der Waals surface area (Å²) in [5, 5.41) is 0.890. The Balaban J connectivity index is 2.21. The average Bonchev–Trinajstić information content (AvgIpc) is 2.85. The van der Waals surface area contributed by atoms with Crippen LogP contribution in [-0.2, 0) is 6.42 Å². The molecule has 0 fully saturated rings. The maximum atomic E-state index is 13.0. The molecule has 0 amide bonds. The predicted molar refractivity (Wildman–Crippen MR) is 87.9 cm³/mol. The number of ketones is 1. The van der Waals surface area contributed by atoms with Crippen molar-refractivity contribution >= 4 is 32.7 Å². The van der Waals surface area contributed by atoms with E-state index in [-0.39, 0.29) is 5.78 Å². The summed E-state index contributed by atoms with van der Waals surface area (Å²) in [4.78, 5) is 13.0. The van der Waals surface area contributed by atoms with Crippen LogP contribution in [0.5, 0.6) is 0 Å². The van der Waals surface area contributed by atoms with Crippen molar-refractivity contribution in [3.63, 3.8) is 0 Å². The van der Waals surface area contributed by atoms with Gasteiger partial charge in [-0.2, -0.15) is 0 Å². The van der Waals surface area contributed by atoms with E-state index < -0.39 is 0 Å². The number of halogens is 1. The summed E-state index contributed by atoms with van der Waals surface area (Å²) in [5.74, 6) is 0.783. The number of hydrogen-bond donors (Lipinski definition) is 0. The molecule has 0 aliphatic heterocycles. The van der Waals surface area contributed by atoms with Gasteiger partial charge >= 0.3 is 0 Å². The Hall–Kier alpha value is -1.87. The van der Waals surface area contributed by atoms with Gasteiger partial charge in [0.05, 0.1) is 5.56 Å². The fraction of sp³-hybridized carbons (Fsp3) is 0.167. The zero-order valence-electron chi connectivity index (χ0n) is 11.9. The molecule has 0 atom stereocenters. The van der Waals surface area contributed by atoms with Crippen LogP contribution in [0.3, 0.4) is 0 Å². The average molecular weight is 343 g/mol. The Labute approximate surface area is 131 Å². The molecule has 0 radical (unpaired) electrons. The predicted octanol–water partition coefficient (Wildman–Crippen LogP) is 5.30. The van der Waals surface area contributed by atoms with Gasteiger partial charge in [0.25, 0.3) is 0 Å². The van der Waals surface area contributed by atoms with Crippen LogP contribution in [0, 0.1) is 6.92 Å². The highest BCUT2D eigenvalue weighted by Gasteiger charge is 2.21. The first-order chi connectivity index (χ1) is 10.1. The number of furan rings is 1. The minimum absolute atomic E-state index is 0.0294. The molecule has 0 saturated heterocycles. The van der Waals surface area contributed by atoms with Crippen LogP contribution in [0.25, 0.3) is 11.0 Å². The van der Waals surface area contributed by atoms with Crippen LogP contribution in [0.1, 0.15) is 34.2 Å². The zero-order chi connectivity index (χ0) is 15.0. The molecule has 1 aromatic heterocycles. The first-order valence-corrected chi connectivity index (χ1v) is 7.72. The third-order valence-corrected chi connectivity index (χ3v) is 4.14. The van der Waals surface area contributed by atoms with Crippen molar-refractivity contribution in [1.82, 2.24) is 0 Å². The molecule has 2 aromatic carbocycles. The molecule has 0 bridgehead atoms. The third-order valence-electron chi connectivity index (χ3n) is 3.65. The first-order valence-electron chi connectivity index (χ1n) is 6.93. The second kappa shape index (κ2) is 5.49. The number of benzene rings is 2. The van der Waals surface area contributed by atoms with Crippen molar-refractivity contribution in [1.29, 1.82) is 0 Å². The lowest BCUT2D eigenvalue weighted by molar-refractivity contribution is 0.103. The van der Waals surface area contributed by atoms with Gasteiger partial charge in [0, 0.05) is 21.8 Å². The highest BCUT2D eigenvalue weighted by atomic mass is 79.9. The molecule has 3 aromatic rings. The minimum Gasteiger partial charge on any atom is -0.460 e. The number of carbonyl (C=O) groups excluding carboxylic acids is 1. The second-order valence-electron chi connectivity index (χ2n) is 5.04. The maximum absolute atomic E-state index is 13.0. The van der Waals surface area contributed by atoms with Gasteiger partial charge in [-0.05, 0) is 36.8 Å². The highest BCUT2D eigenvalue weighted by molar-refractivity contribution is 9.10. The highest BCUT2D eigenvalue weighted by Crippen LogP contribution is 2.29. The molecular formula is C18H15BrO2. The summed E-state index contributed by atoms with van der Waals surface area (Å²) >= 11 is 3.43. The van der Waals surface area contributed by atoms with Crippen molar-refractivity contribution < 1.29 is 9.21 Å². The van der Waals surface area contributed by atoms with E-state index in [1.165, 1.54) is 0 Å². The standard InChI is InChI=1S/C18H15BrO2/c1-3-15-17(14-6-4-5-7-16(14)21-15)18(20)13-9-8-12(19)10-11(13)2/h4-10H,3H2,1-2H3. The van der Waals surface area contributed by atoms with E-state index in [1.807, 2.05) is 56.3 Å². The largest absolute Gasteiger partial charge is 0.460 e. The number of rotatable bonds is 3. The van der Waals surface area contributed by atoms with Crippen molar-refractivity contribution in [2.75, 3.05) is 0 Å². The molecule has 1 heterocycles. The monoisotopic (exact) mass is 342 g/mol. The van der Waals surface area contributed by atoms with Crippen LogP contribution in [0.4, 0.5) is 0 Å². The summed E-state index contributed by atoms with van der Waals surface area (Å²) in [5.41, 5.74) is 3.15. The second-order valence-corrected chi connectivity index (χ2v) is 5.95. The minimum atomic E-state index is 0.0294. The van der Waals surface area contributed by atoms with E-state index in [1.54, 1.807) is 0 Å². The Morgan fingerprint density at radius 3 is 2.67 bits per heavy atom. The quantitative estimate of drug-likeness (QED) is 0.604. The number of para-hydroxylation sites is 1. The Bertz CT molecular complexity index is 830. The van der Waals surface area contributed by atoms with Gasteiger partial charge in [-0.1, -0.05) is 41.1 Å². The topological polar surface area (TPSA) is 30.2 Å². The van der Waals surface area contributed by atoms with Crippen LogP contribution < -0.4 is 0 Å². The molecule has 0 saturated carbocycles. The SMILES string of the molecule is CCc1oc2ccccc2c1C(=O)c1ccc(Br)cc1C. The maximum Gasteiger partial charge on any atom is 0.197 e. The third kappa shape index (κ3) is 2.42. The first kappa shape index (κ1) is 14.1. The lowest BCUT2D eigenvalue weighted by atomic mass is 9.96. The van der Waals surface area contributed by atoms with Gasteiger partial charge < -0.3 is 4.42 Å². The van der Waals surface area contributed by atoms with Crippen LogP contribution in [-0.4, -0.2) is 5.78 Å². The van der Waals surface area contributed by atoms with E-state index in [9.17, 15) is 4.79 Å². The van der Waals surface area contributed by atoms with Crippen molar-refractivity contribution in [3.05, 3.63) is 69.4 Å². The van der Waals surface area contributed by atoms with Crippen molar-refractivity contribution in [2.24, 2.45) is 0 Å². The van der Waals surface area contributed by atoms with Crippen LogP contribution in [0.15, 0.2) is 51.4 Å². The molecule has 21 heavy (non-hydrogen) atoms. The van der Waals surface area contributed by atoms with E-state index >= 15 is 0 Å². The molecule has 2 nitrogen and oxygen atoms in total. The van der Waals surface area contributed by atoms with E-state index in [4.69, 9.17) is 4.42 Å². The Kier molecular flexibility index (Phi) is 3.68. The number of hydrogen-bond acceptors (Lipinski definition) is 2. The van der Waals surface area contributed by atoms with Crippen LogP contribution >= 0.6 is 15.9 Å². The molecule has 0 N–H and O–H groups in total. The van der Waals surface area contributed by atoms with E-state index in [0.717, 1.165) is 32.3 Å². The Morgan fingerprint density at radius 1 is 1.19 bits per heavy atom. The molecule has 3 heteroatoms. The summed E-state index contributed by atoms with van der Waals surface area (Å²) < 4.78 is 6.80. The normalized spacial score (nSPS) is 11.0. The zero-order valence-corrected chi connectivity index (χ0v) is 13.5. The fourth-order valence-corrected chi connectivity index (χ4v) is 3.09. The summed E-state index contributed by atoms with van der Waals surface area (Å²) in [7, 11) is 0. The number of carbonyl (C=O) groups is 1. The molecule has 0 unspecified atom stereocenters.